The molecule has 1 aromatic rings. The minimum atomic E-state index is 0.806. The molecule has 17 heavy (non-hydrogen) atoms. The van der Waals surface area contributed by atoms with Crippen LogP contribution in [-0.4, -0.2) is 11.5 Å². The van der Waals surface area contributed by atoms with Crippen LogP contribution in [0.2, 0.25) is 0 Å². The fourth-order valence-corrected chi connectivity index (χ4v) is 3.23. The summed E-state index contributed by atoms with van der Waals surface area (Å²) >= 11 is 1.95. The van der Waals surface area contributed by atoms with Gasteiger partial charge in [0.25, 0.3) is 0 Å². The molecule has 0 radical (unpaired) electrons. The van der Waals surface area contributed by atoms with Gasteiger partial charge in [0.15, 0.2) is 0 Å². The molecule has 0 aliphatic heterocycles. The van der Waals surface area contributed by atoms with Crippen LogP contribution in [0.1, 0.15) is 67.4 Å². The lowest BCUT2D eigenvalue weighted by molar-refractivity contribution is 0.641. The van der Waals surface area contributed by atoms with Crippen molar-refractivity contribution in [2.24, 2.45) is 0 Å². The Kier molecular flexibility index (Phi) is 4.99. The maximum Gasteiger partial charge on any atom is 0.0962 e. The van der Waals surface area contributed by atoms with Gasteiger partial charge in [0.05, 0.1) is 10.7 Å². The first-order chi connectivity index (χ1) is 8.35. The summed E-state index contributed by atoms with van der Waals surface area (Å²) in [5.41, 5.74) is 1.36. The van der Waals surface area contributed by atoms with Crippen molar-refractivity contribution in [1.82, 2.24) is 10.3 Å². The maximum atomic E-state index is 4.84. The predicted molar refractivity (Wildman–Crippen MR) is 74.7 cm³/mol. The molecule has 2 rings (SSSR count). The van der Waals surface area contributed by atoms with Crippen molar-refractivity contribution < 1.29 is 0 Å². The molecular weight excluding hydrogens is 228 g/mol. The van der Waals surface area contributed by atoms with E-state index in [1.165, 1.54) is 47.7 Å². The molecule has 96 valence electrons. The van der Waals surface area contributed by atoms with Gasteiger partial charge < -0.3 is 5.32 Å². The van der Waals surface area contributed by atoms with Crippen LogP contribution < -0.4 is 5.32 Å². The fraction of sp³-hybridized carbons (Fsp3) is 0.786. The molecule has 1 aromatic heterocycles. The Labute approximate surface area is 109 Å². The van der Waals surface area contributed by atoms with Crippen LogP contribution in [-0.2, 0) is 13.0 Å². The third-order valence-corrected chi connectivity index (χ3v) is 4.46. The zero-order chi connectivity index (χ0) is 12.1. The molecule has 0 spiro atoms. The van der Waals surface area contributed by atoms with Crippen molar-refractivity contribution >= 4 is 11.3 Å². The highest BCUT2D eigenvalue weighted by Gasteiger charge is 2.27. The summed E-state index contributed by atoms with van der Waals surface area (Å²) < 4.78 is 0. The number of aromatic nitrogens is 1. The van der Waals surface area contributed by atoms with Gasteiger partial charge in [0, 0.05) is 17.3 Å². The van der Waals surface area contributed by atoms with E-state index in [9.17, 15) is 0 Å². The van der Waals surface area contributed by atoms with E-state index >= 15 is 0 Å². The molecule has 1 aliphatic carbocycles. The van der Waals surface area contributed by atoms with E-state index in [0.29, 0.717) is 0 Å². The maximum absolute atomic E-state index is 4.84. The van der Waals surface area contributed by atoms with E-state index in [1.807, 2.05) is 11.3 Å². The van der Waals surface area contributed by atoms with Crippen molar-refractivity contribution in [2.75, 3.05) is 6.54 Å². The molecule has 1 fully saturated rings. The second-order valence-corrected chi connectivity index (χ2v) is 6.09. The number of unbranched alkanes of at least 4 members (excludes halogenated alkanes) is 1. The summed E-state index contributed by atoms with van der Waals surface area (Å²) in [7, 11) is 0. The SMILES string of the molecule is CCCCNCc1sc(C2CC2)nc1CCC. The molecule has 0 amide bonds. The molecule has 2 nitrogen and oxygen atoms in total. The lowest BCUT2D eigenvalue weighted by Crippen LogP contribution is -2.14. The Morgan fingerprint density at radius 3 is 2.76 bits per heavy atom. The molecule has 1 saturated carbocycles. The largest absolute Gasteiger partial charge is 0.312 e. The van der Waals surface area contributed by atoms with Crippen molar-refractivity contribution in [3.05, 3.63) is 15.6 Å². The van der Waals surface area contributed by atoms with Crippen LogP contribution in [0.3, 0.4) is 0 Å². The quantitative estimate of drug-likeness (QED) is 0.711. The first-order valence-electron chi connectivity index (χ1n) is 7.04. The Hall–Kier alpha value is -0.410. The molecule has 0 bridgehead atoms. The van der Waals surface area contributed by atoms with E-state index in [-0.39, 0.29) is 0 Å². The molecule has 1 aliphatic rings. The van der Waals surface area contributed by atoms with Gasteiger partial charge in [0.1, 0.15) is 0 Å². The van der Waals surface area contributed by atoms with Gasteiger partial charge >= 0.3 is 0 Å². The van der Waals surface area contributed by atoms with Crippen LogP contribution in [0.5, 0.6) is 0 Å². The van der Waals surface area contributed by atoms with Crippen molar-refractivity contribution in [3.8, 4) is 0 Å². The van der Waals surface area contributed by atoms with Crippen LogP contribution >= 0.6 is 11.3 Å². The van der Waals surface area contributed by atoms with E-state index in [1.54, 1.807) is 0 Å². The highest BCUT2D eigenvalue weighted by molar-refractivity contribution is 7.11. The van der Waals surface area contributed by atoms with Crippen LogP contribution in [0.25, 0.3) is 0 Å². The molecule has 0 saturated heterocycles. The molecule has 0 unspecified atom stereocenters. The minimum Gasteiger partial charge on any atom is -0.312 e. The highest BCUT2D eigenvalue weighted by Crippen LogP contribution is 2.42. The number of hydrogen-bond acceptors (Lipinski definition) is 3. The molecule has 0 aromatic carbocycles. The summed E-state index contributed by atoms with van der Waals surface area (Å²) in [6.07, 6.45) is 7.62. The zero-order valence-electron chi connectivity index (χ0n) is 11.1. The van der Waals surface area contributed by atoms with Gasteiger partial charge in [0.2, 0.25) is 0 Å². The molecule has 0 atom stereocenters. The third-order valence-electron chi connectivity index (χ3n) is 3.20. The second-order valence-electron chi connectivity index (χ2n) is 4.98. The first-order valence-corrected chi connectivity index (χ1v) is 7.86. The third kappa shape index (κ3) is 3.78. The number of nitrogens with zero attached hydrogens (tertiary/aromatic N) is 1. The number of thiazole rings is 1. The summed E-state index contributed by atoms with van der Waals surface area (Å²) in [6, 6.07) is 0. The lowest BCUT2D eigenvalue weighted by atomic mass is 10.2. The molecular formula is C14H24N2S. The Balaban J connectivity index is 1.92. The Morgan fingerprint density at radius 2 is 2.12 bits per heavy atom. The van der Waals surface area contributed by atoms with E-state index in [4.69, 9.17) is 4.98 Å². The van der Waals surface area contributed by atoms with Gasteiger partial charge in [-0.25, -0.2) is 4.98 Å². The summed E-state index contributed by atoms with van der Waals surface area (Å²) in [5, 5.41) is 4.95. The number of rotatable bonds is 8. The van der Waals surface area contributed by atoms with E-state index in [2.05, 4.69) is 19.2 Å². The monoisotopic (exact) mass is 252 g/mol. The topological polar surface area (TPSA) is 24.9 Å². The van der Waals surface area contributed by atoms with Crippen molar-refractivity contribution in [1.29, 1.82) is 0 Å². The predicted octanol–water partition coefficient (Wildman–Crippen LogP) is 3.86. The molecule has 3 heteroatoms. The smallest absolute Gasteiger partial charge is 0.0962 e. The average molecular weight is 252 g/mol. The Morgan fingerprint density at radius 1 is 1.29 bits per heavy atom. The second kappa shape index (κ2) is 6.50. The fourth-order valence-electron chi connectivity index (χ4n) is 1.98. The molecule has 1 heterocycles. The van der Waals surface area contributed by atoms with Crippen LogP contribution in [0.15, 0.2) is 0 Å². The normalized spacial score (nSPS) is 15.4. The van der Waals surface area contributed by atoms with Crippen molar-refractivity contribution in [2.45, 2.75) is 64.8 Å². The van der Waals surface area contributed by atoms with E-state index < -0.39 is 0 Å². The number of hydrogen-bond donors (Lipinski definition) is 1. The van der Waals surface area contributed by atoms with Crippen LogP contribution in [0, 0.1) is 0 Å². The summed E-state index contributed by atoms with van der Waals surface area (Å²) in [6.45, 7) is 6.64. The lowest BCUT2D eigenvalue weighted by Gasteiger charge is -2.03. The number of nitrogens with one attached hydrogen (secondary N) is 1. The number of aryl methyl sites for hydroxylation is 1. The Bertz CT molecular complexity index is 342. The molecule has 1 N–H and O–H groups in total. The van der Waals surface area contributed by atoms with Crippen molar-refractivity contribution in [3.63, 3.8) is 0 Å². The van der Waals surface area contributed by atoms with Gasteiger partial charge in [-0.2, -0.15) is 0 Å². The zero-order valence-corrected chi connectivity index (χ0v) is 11.9. The van der Waals surface area contributed by atoms with Gasteiger partial charge in [-0.3, -0.25) is 0 Å². The van der Waals surface area contributed by atoms with Gasteiger partial charge in [-0.1, -0.05) is 26.7 Å². The van der Waals surface area contributed by atoms with E-state index in [0.717, 1.165) is 25.4 Å². The first kappa shape index (κ1) is 13.0. The standard InChI is InChI=1S/C14H24N2S/c1-3-5-9-15-10-13-12(6-4-2)16-14(17-13)11-7-8-11/h11,15H,3-10H2,1-2H3. The van der Waals surface area contributed by atoms with Crippen LogP contribution in [0.4, 0.5) is 0 Å². The summed E-state index contributed by atoms with van der Waals surface area (Å²) in [5.74, 6) is 0.806. The average Bonchev–Trinajstić information content (AvgIpc) is 3.10. The minimum absolute atomic E-state index is 0.806. The van der Waals surface area contributed by atoms with Gasteiger partial charge in [-0.15, -0.1) is 11.3 Å². The highest BCUT2D eigenvalue weighted by atomic mass is 32.1. The van der Waals surface area contributed by atoms with Gasteiger partial charge in [-0.05, 0) is 32.2 Å². The summed E-state index contributed by atoms with van der Waals surface area (Å²) in [4.78, 5) is 6.33.